The van der Waals surface area contributed by atoms with Crippen LogP contribution in [0.3, 0.4) is 0 Å². The first-order valence-electron chi connectivity index (χ1n) is 5.54. The molecule has 4 nitrogen and oxygen atoms in total. The van der Waals surface area contributed by atoms with Gasteiger partial charge in [-0.05, 0) is 30.2 Å². The van der Waals surface area contributed by atoms with Gasteiger partial charge in [-0.2, -0.15) is 0 Å². The Balaban J connectivity index is 2.50. The smallest absolute Gasteiger partial charge is 0.328 e. The summed E-state index contributed by atoms with van der Waals surface area (Å²) < 4.78 is 0. The molecular weight excluding hydrogens is 264 g/mol. The molecule has 0 aliphatic rings. The molecule has 0 fully saturated rings. The molecule has 0 saturated carbocycles. The van der Waals surface area contributed by atoms with Crippen LogP contribution in [0, 0.1) is 0 Å². The van der Waals surface area contributed by atoms with E-state index < -0.39 is 5.97 Å². The van der Waals surface area contributed by atoms with E-state index in [0.717, 1.165) is 22.8 Å². The van der Waals surface area contributed by atoms with Crippen molar-refractivity contribution in [3.05, 3.63) is 53.6 Å². The van der Waals surface area contributed by atoms with E-state index in [4.69, 9.17) is 16.7 Å². The molecule has 0 aliphatic carbocycles. The predicted octanol–water partition coefficient (Wildman–Crippen LogP) is 3.28. The topological polar surface area (TPSA) is 63.1 Å². The van der Waals surface area contributed by atoms with Gasteiger partial charge in [0.05, 0.1) is 0 Å². The fourth-order valence-electron chi connectivity index (χ4n) is 1.70. The van der Waals surface area contributed by atoms with E-state index in [-0.39, 0.29) is 0 Å². The van der Waals surface area contributed by atoms with Gasteiger partial charge in [0.15, 0.2) is 0 Å². The van der Waals surface area contributed by atoms with Gasteiger partial charge in [-0.25, -0.2) is 14.8 Å². The van der Waals surface area contributed by atoms with E-state index in [1.807, 2.05) is 6.07 Å². The maximum atomic E-state index is 10.7. The lowest BCUT2D eigenvalue weighted by atomic mass is 10.0. The van der Waals surface area contributed by atoms with E-state index >= 15 is 0 Å². The molecule has 1 N–H and O–H groups in total. The van der Waals surface area contributed by atoms with Crippen molar-refractivity contribution >= 4 is 23.1 Å². The molecule has 0 aliphatic heterocycles. The second kappa shape index (κ2) is 5.63. The van der Waals surface area contributed by atoms with Gasteiger partial charge >= 0.3 is 5.97 Å². The summed E-state index contributed by atoms with van der Waals surface area (Å²) in [6, 6.07) is 5.35. The fraction of sp³-hybridized carbons (Fsp3) is 0.0714. The van der Waals surface area contributed by atoms with Crippen LogP contribution in [-0.4, -0.2) is 21.0 Å². The average Bonchev–Trinajstić information content (AvgIpc) is 2.39. The number of hydrogen-bond acceptors (Lipinski definition) is 3. The molecule has 1 aromatic heterocycles. The minimum absolute atomic E-state index is 0.571. The zero-order chi connectivity index (χ0) is 13.8. The zero-order valence-corrected chi connectivity index (χ0v) is 10.9. The molecular formula is C14H11ClN2O2. The third-order valence-electron chi connectivity index (χ3n) is 2.63. The number of hydrogen-bond donors (Lipinski definition) is 1. The van der Waals surface area contributed by atoms with Gasteiger partial charge in [-0.3, -0.25) is 0 Å². The van der Waals surface area contributed by atoms with E-state index in [0.29, 0.717) is 10.6 Å². The first-order valence-corrected chi connectivity index (χ1v) is 5.92. The van der Waals surface area contributed by atoms with Gasteiger partial charge in [0, 0.05) is 34.6 Å². The van der Waals surface area contributed by atoms with Crippen molar-refractivity contribution in [1.29, 1.82) is 0 Å². The SMILES string of the molecule is C/C(=C\C(=O)O)c1ccc(Cl)c(-c2cncnc2)c1. The summed E-state index contributed by atoms with van der Waals surface area (Å²) in [5.41, 5.74) is 3.02. The normalized spacial score (nSPS) is 11.4. The Hall–Kier alpha value is -2.20. The number of carboxylic acids is 1. The standard InChI is InChI=1S/C14H11ClN2O2/c1-9(4-14(18)19)10-2-3-13(15)12(5-10)11-6-16-8-17-7-11/h2-8H,1H3,(H,18,19)/b9-4+. The Bertz CT molecular complexity index is 639. The molecule has 2 aromatic rings. The molecule has 5 heteroatoms. The highest BCUT2D eigenvalue weighted by molar-refractivity contribution is 6.33. The van der Waals surface area contributed by atoms with Crippen LogP contribution in [-0.2, 0) is 4.79 Å². The highest BCUT2D eigenvalue weighted by Gasteiger charge is 2.07. The van der Waals surface area contributed by atoms with Crippen LogP contribution in [0.1, 0.15) is 12.5 Å². The van der Waals surface area contributed by atoms with E-state index in [2.05, 4.69) is 9.97 Å². The van der Waals surface area contributed by atoms with Crippen molar-refractivity contribution in [2.45, 2.75) is 6.92 Å². The highest BCUT2D eigenvalue weighted by atomic mass is 35.5. The van der Waals surface area contributed by atoms with Crippen LogP contribution in [0.15, 0.2) is 43.0 Å². The fourth-order valence-corrected chi connectivity index (χ4v) is 1.93. The van der Waals surface area contributed by atoms with Gasteiger partial charge in [0.1, 0.15) is 6.33 Å². The lowest BCUT2D eigenvalue weighted by Crippen LogP contribution is -1.91. The van der Waals surface area contributed by atoms with Crippen LogP contribution in [0.4, 0.5) is 0 Å². The summed E-state index contributed by atoms with van der Waals surface area (Å²) in [6.45, 7) is 1.74. The van der Waals surface area contributed by atoms with Gasteiger partial charge in [0.25, 0.3) is 0 Å². The molecule has 0 radical (unpaired) electrons. The minimum atomic E-state index is -0.975. The first-order chi connectivity index (χ1) is 9.08. The summed E-state index contributed by atoms with van der Waals surface area (Å²) >= 11 is 6.15. The Kier molecular flexibility index (Phi) is 3.92. The summed E-state index contributed by atoms with van der Waals surface area (Å²) in [5.74, 6) is -0.975. The number of benzene rings is 1. The Morgan fingerprint density at radius 1 is 1.32 bits per heavy atom. The van der Waals surface area contributed by atoms with Crippen molar-refractivity contribution in [3.63, 3.8) is 0 Å². The number of allylic oxidation sites excluding steroid dienone is 1. The van der Waals surface area contributed by atoms with Gasteiger partial charge in [0.2, 0.25) is 0 Å². The zero-order valence-electron chi connectivity index (χ0n) is 10.2. The first kappa shape index (κ1) is 13.2. The van der Waals surface area contributed by atoms with Crippen LogP contribution in [0.2, 0.25) is 5.02 Å². The molecule has 2 rings (SSSR count). The van der Waals surface area contributed by atoms with Gasteiger partial charge in [-0.1, -0.05) is 17.7 Å². The molecule has 0 saturated heterocycles. The Morgan fingerprint density at radius 3 is 2.63 bits per heavy atom. The second-order valence-electron chi connectivity index (χ2n) is 3.99. The number of halogens is 1. The van der Waals surface area contributed by atoms with Gasteiger partial charge in [-0.15, -0.1) is 0 Å². The molecule has 0 amide bonds. The average molecular weight is 275 g/mol. The Morgan fingerprint density at radius 2 is 2.00 bits per heavy atom. The predicted molar refractivity (Wildman–Crippen MR) is 73.8 cm³/mol. The molecule has 0 unspecified atom stereocenters. The molecule has 0 spiro atoms. The van der Waals surface area contributed by atoms with Crippen molar-refractivity contribution in [2.75, 3.05) is 0 Å². The number of aromatic nitrogens is 2. The molecule has 1 heterocycles. The van der Waals surface area contributed by atoms with Crippen LogP contribution in [0.5, 0.6) is 0 Å². The molecule has 96 valence electrons. The van der Waals surface area contributed by atoms with Crippen LogP contribution in [0.25, 0.3) is 16.7 Å². The highest BCUT2D eigenvalue weighted by Crippen LogP contribution is 2.30. The monoisotopic (exact) mass is 274 g/mol. The lowest BCUT2D eigenvalue weighted by molar-refractivity contribution is -0.131. The largest absolute Gasteiger partial charge is 0.478 e. The summed E-state index contributed by atoms with van der Waals surface area (Å²) in [6.07, 6.45) is 5.92. The van der Waals surface area contributed by atoms with E-state index in [9.17, 15) is 4.79 Å². The van der Waals surface area contributed by atoms with Crippen LogP contribution < -0.4 is 0 Å². The van der Waals surface area contributed by atoms with Gasteiger partial charge < -0.3 is 5.11 Å². The summed E-state index contributed by atoms with van der Waals surface area (Å²) in [5, 5.41) is 9.33. The lowest BCUT2D eigenvalue weighted by Gasteiger charge is -2.07. The molecule has 0 bridgehead atoms. The minimum Gasteiger partial charge on any atom is -0.478 e. The van der Waals surface area contributed by atoms with E-state index in [1.54, 1.807) is 31.5 Å². The number of rotatable bonds is 3. The number of nitrogens with zero attached hydrogens (tertiary/aromatic N) is 2. The summed E-state index contributed by atoms with van der Waals surface area (Å²) in [4.78, 5) is 18.6. The van der Waals surface area contributed by atoms with Crippen molar-refractivity contribution in [3.8, 4) is 11.1 Å². The van der Waals surface area contributed by atoms with Crippen molar-refractivity contribution in [2.24, 2.45) is 0 Å². The Labute approximate surface area is 115 Å². The van der Waals surface area contributed by atoms with E-state index in [1.165, 1.54) is 6.33 Å². The maximum Gasteiger partial charge on any atom is 0.328 e. The second-order valence-corrected chi connectivity index (χ2v) is 4.39. The van der Waals surface area contributed by atoms with Crippen LogP contribution >= 0.6 is 11.6 Å². The molecule has 19 heavy (non-hydrogen) atoms. The third-order valence-corrected chi connectivity index (χ3v) is 2.96. The summed E-state index contributed by atoms with van der Waals surface area (Å²) in [7, 11) is 0. The number of carboxylic acid groups (broad SMARTS) is 1. The molecule has 0 atom stereocenters. The number of carbonyl (C=O) groups is 1. The van der Waals surface area contributed by atoms with Crippen molar-refractivity contribution < 1.29 is 9.90 Å². The maximum absolute atomic E-state index is 10.7. The third kappa shape index (κ3) is 3.17. The quantitative estimate of drug-likeness (QED) is 0.873. The number of aliphatic carboxylic acids is 1. The molecule has 1 aromatic carbocycles. The van der Waals surface area contributed by atoms with Crippen molar-refractivity contribution in [1.82, 2.24) is 9.97 Å².